The summed E-state index contributed by atoms with van der Waals surface area (Å²) in [4.78, 5) is 7.88. The molecular weight excluding hydrogens is 172 g/mol. The van der Waals surface area contributed by atoms with Crippen LogP contribution in [0.1, 0.15) is 27.7 Å². The van der Waals surface area contributed by atoms with E-state index >= 15 is 0 Å². The lowest BCUT2D eigenvalue weighted by Crippen LogP contribution is -1.88. The van der Waals surface area contributed by atoms with Gasteiger partial charge in [0.25, 0.3) is 0 Å². The first-order valence-electron chi connectivity index (χ1n) is 4.87. The van der Waals surface area contributed by atoms with Crippen molar-refractivity contribution in [3.8, 4) is 0 Å². The van der Waals surface area contributed by atoms with Gasteiger partial charge >= 0.3 is 0 Å². The van der Waals surface area contributed by atoms with E-state index in [2.05, 4.69) is 36.8 Å². The first-order chi connectivity index (χ1) is 6.57. The van der Waals surface area contributed by atoms with Crippen molar-refractivity contribution in [2.45, 2.75) is 27.7 Å². The van der Waals surface area contributed by atoms with E-state index in [1.807, 2.05) is 19.1 Å². The van der Waals surface area contributed by atoms with E-state index < -0.39 is 0 Å². The molecule has 0 aromatic heterocycles. The Kier molecular flexibility index (Phi) is 6.63. The summed E-state index contributed by atoms with van der Waals surface area (Å²) in [5.74, 6) is 0.606. The van der Waals surface area contributed by atoms with Crippen molar-refractivity contribution in [3.05, 3.63) is 23.8 Å². The van der Waals surface area contributed by atoms with E-state index in [-0.39, 0.29) is 0 Å². The van der Waals surface area contributed by atoms with E-state index in [1.54, 1.807) is 13.4 Å². The Morgan fingerprint density at radius 2 is 1.86 bits per heavy atom. The fourth-order valence-electron chi connectivity index (χ4n) is 0.723. The van der Waals surface area contributed by atoms with Crippen LogP contribution in [-0.2, 0) is 0 Å². The summed E-state index contributed by atoms with van der Waals surface area (Å²) in [5, 5.41) is 0. The van der Waals surface area contributed by atoms with Gasteiger partial charge in [-0.15, -0.1) is 0 Å². The van der Waals surface area contributed by atoms with Gasteiger partial charge in [-0.3, -0.25) is 4.99 Å². The summed E-state index contributed by atoms with van der Waals surface area (Å²) in [6, 6.07) is 0. The summed E-state index contributed by atoms with van der Waals surface area (Å²) >= 11 is 0. The number of allylic oxidation sites excluding steroid dienone is 4. The minimum absolute atomic E-state index is 0.606. The van der Waals surface area contributed by atoms with Crippen LogP contribution in [0.4, 0.5) is 0 Å². The Labute approximate surface area is 87.2 Å². The summed E-state index contributed by atoms with van der Waals surface area (Å²) in [6.07, 6.45) is 7.68. The van der Waals surface area contributed by atoms with E-state index in [0.29, 0.717) is 5.92 Å². The lowest BCUT2D eigenvalue weighted by molar-refractivity contribution is 0.769. The molecule has 0 fully saturated rings. The Hall–Kier alpha value is -1.18. The third-order valence-electron chi connectivity index (χ3n) is 1.98. The maximum Gasteiger partial charge on any atom is 0.109 e. The second kappa shape index (κ2) is 7.25. The average Bonchev–Trinajstić information content (AvgIpc) is 2.14. The lowest BCUT2D eigenvalue weighted by Gasteiger charge is -2.01. The van der Waals surface area contributed by atoms with Gasteiger partial charge in [-0.05, 0) is 25.8 Å². The van der Waals surface area contributed by atoms with Gasteiger partial charge in [-0.2, -0.15) is 0 Å². The zero-order valence-electron chi connectivity index (χ0n) is 9.78. The molecular formula is C12H20N2. The van der Waals surface area contributed by atoms with Gasteiger partial charge in [0.15, 0.2) is 0 Å². The highest BCUT2D eigenvalue weighted by Gasteiger charge is 1.92. The third-order valence-corrected chi connectivity index (χ3v) is 1.98. The van der Waals surface area contributed by atoms with Crippen molar-refractivity contribution < 1.29 is 0 Å². The van der Waals surface area contributed by atoms with Gasteiger partial charge in [0.1, 0.15) is 6.34 Å². The molecule has 0 amide bonds. The SMILES string of the molecule is CN=CN=C(C)/C=C\C=C(/C)C(C)C. The number of hydrogen-bond donors (Lipinski definition) is 0. The molecule has 0 aliphatic carbocycles. The van der Waals surface area contributed by atoms with Gasteiger partial charge in [-0.1, -0.05) is 31.6 Å². The molecule has 0 saturated heterocycles. The summed E-state index contributed by atoms with van der Waals surface area (Å²) in [6.45, 7) is 8.46. The van der Waals surface area contributed by atoms with Crippen LogP contribution in [0, 0.1) is 5.92 Å². The molecule has 0 saturated carbocycles. The summed E-state index contributed by atoms with van der Waals surface area (Å²) < 4.78 is 0. The van der Waals surface area contributed by atoms with Crippen LogP contribution in [0.2, 0.25) is 0 Å². The largest absolute Gasteiger partial charge is 0.277 e. The van der Waals surface area contributed by atoms with E-state index in [1.165, 1.54) is 5.57 Å². The fourth-order valence-corrected chi connectivity index (χ4v) is 0.723. The normalized spacial score (nSPS) is 15.0. The highest BCUT2D eigenvalue weighted by molar-refractivity contribution is 5.97. The second-order valence-corrected chi connectivity index (χ2v) is 3.57. The molecule has 0 rings (SSSR count). The molecule has 0 aliphatic rings. The van der Waals surface area contributed by atoms with Gasteiger partial charge in [0.2, 0.25) is 0 Å². The van der Waals surface area contributed by atoms with Crippen LogP contribution in [0.5, 0.6) is 0 Å². The molecule has 14 heavy (non-hydrogen) atoms. The maximum absolute atomic E-state index is 4.09. The highest BCUT2D eigenvalue weighted by atomic mass is 14.8. The van der Waals surface area contributed by atoms with Crippen LogP contribution in [-0.4, -0.2) is 19.1 Å². The van der Waals surface area contributed by atoms with Gasteiger partial charge < -0.3 is 0 Å². The van der Waals surface area contributed by atoms with E-state index in [9.17, 15) is 0 Å². The quantitative estimate of drug-likeness (QED) is 0.371. The zero-order chi connectivity index (χ0) is 11.0. The topological polar surface area (TPSA) is 24.7 Å². The van der Waals surface area contributed by atoms with Gasteiger partial charge in [-0.25, -0.2) is 4.99 Å². The Morgan fingerprint density at radius 3 is 2.36 bits per heavy atom. The number of aliphatic imine (C=N–C) groups is 2. The van der Waals surface area contributed by atoms with Crippen molar-refractivity contribution in [2.24, 2.45) is 15.9 Å². The standard InChI is InChI=1S/C12H20N2/c1-10(2)11(3)7-6-8-12(4)14-9-13-5/h6-10H,1-5H3/b8-6-,11-7+,13-9?,14-12?. The zero-order valence-corrected chi connectivity index (χ0v) is 9.78. The van der Waals surface area contributed by atoms with Crippen LogP contribution in [0.3, 0.4) is 0 Å². The first kappa shape index (κ1) is 12.8. The first-order valence-corrected chi connectivity index (χ1v) is 4.87. The Bertz CT molecular complexity index is 268. The molecule has 0 heterocycles. The van der Waals surface area contributed by atoms with Crippen LogP contribution < -0.4 is 0 Å². The van der Waals surface area contributed by atoms with Crippen molar-refractivity contribution >= 4 is 12.1 Å². The third kappa shape index (κ3) is 6.35. The van der Waals surface area contributed by atoms with E-state index in [4.69, 9.17) is 0 Å². The summed E-state index contributed by atoms with van der Waals surface area (Å²) in [7, 11) is 1.71. The minimum Gasteiger partial charge on any atom is -0.277 e. The molecule has 0 aliphatic heterocycles. The van der Waals surface area contributed by atoms with Crippen molar-refractivity contribution in [3.63, 3.8) is 0 Å². The number of rotatable bonds is 4. The second-order valence-electron chi connectivity index (χ2n) is 3.57. The predicted molar refractivity (Wildman–Crippen MR) is 65.3 cm³/mol. The highest BCUT2D eigenvalue weighted by Crippen LogP contribution is 2.07. The number of nitrogens with zero attached hydrogens (tertiary/aromatic N) is 2. The molecule has 0 aromatic carbocycles. The Morgan fingerprint density at radius 1 is 1.21 bits per heavy atom. The van der Waals surface area contributed by atoms with Crippen molar-refractivity contribution in [1.82, 2.24) is 0 Å². The van der Waals surface area contributed by atoms with Crippen molar-refractivity contribution in [2.75, 3.05) is 7.05 Å². The summed E-state index contributed by atoms with van der Waals surface area (Å²) in [5.41, 5.74) is 2.33. The molecule has 0 aromatic rings. The molecule has 0 bridgehead atoms. The van der Waals surface area contributed by atoms with Crippen LogP contribution in [0.15, 0.2) is 33.8 Å². The molecule has 0 unspecified atom stereocenters. The predicted octanol–water partition coefficient (Wildman–Crippen LogP) is 3.26. The van der Waals surface area contributed by atoms with Crippen molar-refractivity contribution in [1.29, 1.82) is 0 Å². The molecule has 0 atom stereocenters. The molecule has 2 heteroatoms. The van der Waals surface area contributed by atoms with Gasteiger partial charge in [0.05, 0.1) is 0 Å². The fraction of sp³-hybridized carbons (Fsp3) is 0.500. The number of hydrogen-bond acceptors (Lipinski definition) is 1. The molecule has 0 spiro atoms. The monoisotopic (exact) mass is 192 g/mol. The molecule has 0 N–H and O–H groups in total. The molecule has 78 valence electrons. The average molecular weight is 192 g/mol. The molecule has 0 radical (unpaired) electrons. The molecule has 2 nitrogen and oxygen atoms in total. The smallest absolute Gasteiger partial charge is 0.109 e. The van der Waals surface area contributed by atoms with Crippen LogP contribution in [0.25, 0.3) is 0 Å². The van der Waals surface area contributed by atoms with Gasteiger partial charge in [0, 0.05) is 12.8 Å². The maximum atomic E-state index is 4.09. The lowest BCUT2D eigenvalue weighted by atomic mass is 10.1. The minimum atomic E-state index is 0.606. The van der Waals surface area contributed by atoms with E-state index in [0.717, 1.165) is 5.71 Å². The van der Waals surface area contributed by atoms with Crippen LogP contribution >= 0.6 is 0 Å². The Balaban J connectivity index is 4.25.